The van der Waals surface area contributed by atoms with E-state index in [2.05, 4.69) is 16.9 Å². The molecule has 0 bridgehead atoms. The Balaban J connectivity index is 2.03. The smallest absolute Gasteiger partial charge is 0.262 e. The molecule has 1 N–H and O–H groups in total. The molecule has 0 saturated carbocycles. The summed E-state index contributed by atoms with van der Waals surface area (Å²) in [6, 6.07) is 8.49. The van der Waals surface area contributed by atoms with Gasteiger partial charge in [-0.3, -0.25) is 14.2 Å². The fraction of sp³-hybridized carbons (Fsp3) is 0.211. The molecule has 1 aromatic carbocycles. The second-order valence-electron chi connectivity index (χ2n) is 5.82. The van der Waals surface area contributed by atoms with Crippen LogP contribution < -0.4 is 10.9 Å². The lowest BCUT2D eigenvalue weighted by molar-refractivity contribution is -0.120. The molecule has 6 nitrogen and oxygen atoms in total. The van der Waals surface area contributed by atoms with Crippen molar-refractivity contribution in [2.75, 3.05) is 6.54 Å². The predicted octanol–water partition coefficient (Wildman–Crippen LogP) is 3.47. The lowest BCUT2D eigenvalue weighted by atomic mass is 10.2. The monoisotopic (exact) mass is 403 g/mol. The number of halogens is 1. The first-order valence-electron chi connectivity index (χ1n) is 8.27. The van der Waals surface area contributed by atoms with Crippen LogP contribution in [0.2, 0.25) is 5.02 Å². The number of amides is 1. The zero-order valence-electron chi connectivity index (χ0n) is 14.6. The summed E-state index contributed by atoms with van der Waals surface area (Å²) in [5.74, 6) is 0.461. The van der Waals surface area contributed by atoms with Gasteiger partial charge >= 0.3 is 0 Å². The Morgan fingerprint density at radius 1 is 1.48 bits per heavy atom. The van der Waals surface area contributed by atoms with Gasteiger partial charge in [0.05, 0.1) is 29.0 Å². The number of aromatic nitrogens is 2. The number of nitrogens with one attached hydrogen (secondary N) is 1. The highest BCUT2D eigenvalue weighted by atomic mass is 35.5. The van der Waals surface area contributed by atoms with E-state index >= 15 is 0 Å². The normalized spacial score (nSPS) is 12.1. The number of fused-ring (bicyclic) bond motifs is 1. The summed E-state index contributed by atoms with van der Waals surface area (Å²) in [6.45, 7) is 5.94. The third-order valence-corrected chi connectivity index (χ3v) is 5.17. The summed E-state index contributed by atoms with van der Waals surface area (Å²) in [5.41, 5.74) is 0.277. The molecule has 27 heavy (non-hydrogen) atoms. The molecule has 3 rings (SSSR count). The molecule has 0 aliphatic heterocycles. The summed E-state index contributed by atoms with van der Waals surface area (Å²) in [4.78, 5) is 29.8. The lowest BCUT2D eigenvalue weighted by Crippen LogP contribution is -2.32. The van der Waals surface area contributed by atoms with E-state index in [1.54, 1.807) is 49.6 Å². The van der Waals surface area contributed by atoms with E-state index in [-0.39, 0.29) is 18.0 Å². The first kappa shape index (κ1) is 19.3. The highest BCUT2D eigenvalue weighted by Crippen LogP contribution is 2.24. The molecule has 1 amide bonds. The molecule has 2 heterocycles. The van der Waals surface area contributed by atoms with Crippen molar-refractivity contribution in [2.24, 2.45) is 0 Å². The fourth-order valence-electron chi connectivity index (χ4n) is 2.49. The number of thioether (sulfide) groups is 1. The minimum Gasteiger partial charge on any atom is -0.467 e. The van der Waals surface area contributed by atoms with Crippen LogP contribution in [0.4, 0.5) is 0 Å². The van der Waals surface area contributed by atoms with Gasteiger partial charge in [-0.15, -0.1) is 6.58 Å². The van der Waals surface area contributed by atoms with Gasteiger partial charge in [0, 0.05) is 11.6 Å². The van der Waals surface area contributed by atoms with Gasteiger partial charge in [0.1, 0.15) is 5.76 Å². The first-order valence-corrected chi connectivity index (χ1v) is 9.53. The van der Waals surface area contributed by atoms with Crippen molar-refractivity contribution in [3.8, 4) is 0 Å². The van der Waals surface area contributed by atoms with Crippen molar-refractivity contribution in [3.05, 3.63) is 70.4 Å². The van der Waals surface area contributed by atoms with Crippen molar-refractivity contribution < 1.29 is 9.21 Å². The fourth-order valence-corrected chi connectivity index (χ4v) is 3.59. The van der Waals surface area contributed by atoms with Gasteiger partial charge < -0.3 is 9.73 Å². The second kappa shape index (κ2) is 8.45. The topological polar surface area (TPSA) is 77.1 Å². The largest absolute Gasteiger partial charge is 0.467 e. The number of carbonyl (C=O) groups is 1. The highest BCUT2D eigenvalue weighted by Gasteiger charge is 2.20. The van der Waals surface area contributed by atoms with Crippen molar-refractivity contribution in [1.29, 1.82) is 0 Å². The van der Waals surface area contributed by atoms with Crippen molar-refractivity contribution in [2.45, 2.75) is 23.9 Å². The minimum absolute atomic E-state index is 0.162. The SMILES string of the molecule is C=CCNC(=O)[C@H](C)Sc1nc2cc(Cl)ccc2c(=O)n1Cc1ccco1. The van der Waals surface area contributed by atoms with Gasteiger partial charge in [-0.2, -0.15) is 0 Å². The summed E-state index contributed by atoms with van der Waals surface area (Å²) >= 11 is 7.25. The van der Waals surface area contributed by atoms with Crippen LogP contribution in [0.25, 0.3) is 10.9 Å². The molecule has 0 aliphatic carbocycles. The molecule has 1 atom stereocenters. The van der Waals surface area contributed by atoms with Gasteiger partial charge in [0.25, 0.3) is 5.56 Å². The van der Waals surface area contributed by atoms with Crippen LogP contribution in [0, 0.1) is 0 Å². The molecule has 140 valence electrons. The first-order chi connectivity index (χ1) is 13.0. The number of rotatable bonds is 7. The molecule has 0 fully saturated rings. The Morgan fingerprint density at radius 3 is 3.00 bits per heavy atom. The van der Waals surface area contributed by atoms with Crippen LogP contribution >= 0.6 is 23.4 Å². The molecular weight excluding hydrogens is 386 g/mol. The third-order valence-electron chi connectivity index (χ3n) is 3.85. The summed E-state index contributed by atoms with van der Waals surface area (Å²) < 4.78 is 6.89. The van der Waals surface area contributed by atoms with Crippen LogP contribution in [0.15, 0.2) is 63.6 Å². The zero-order chi connectivity index (χ0) is 19.4. The number of hydrogen-bond acceptors (Lipinski definition) is 5. The van der Waals surface area contributed by atoms with Crippen LogP contribution in [-0.2, 0) is 11.3 Å². The summed E-state index contributed by atoms with van der Waals surface area (Å²) in [5, 5.41) is 3.67. The predicted molar refractivity (Wildman–Crippen MR) is 107 cm³/mol. The van der Waals surface area contributed by atoms with Crippen molar-refractivity contribution in [3.63, 3.8) is 0 Å². The molecule has 8 heteroatoms. The van der Waals surface area contributed by atoms with E-state index in [4.69, 9.17) is 16.0 Å². The van der Waals surface area contributed by atoms with E-state index in [1.807, 2.05) is 0 Å². The second-order valence-corrected chi connectivity index (χ2v) is 7.56. The maximum absolute atomic E-state index is 13.0. The Morgan fingerprint density at radius 2 is 2.30 bits per heavy atom. The van der Waals surface area contributed by atoms with Gasteiger partial charge in [0.15, 0.2) is 5.16 Å². The standard InChI is InChI=1S/C19H18ClN3O3S/c1-3-8-21-17(24)12(2)27-19-22-16-10-13(20)6-7-15(16)18(25)23(19)11-14-5-4-9-26-14/h3-7,9-10,12H,1,8,11H2,2H3,(H,21,24)/t12-/m0/s1. The Labute approximate surface area is 165 Å². The van der Waals surface area contributed by atoms with Crippen LogP contribution in [0.3, 0.4) is 0 Å². The van der Waals surface area contributed by atoms with Crippen molar-refractivity contribution in [1.82, 2.24) is 14.9 Å². The quantitative estimate of drug-likeness (QED) is 0.371. The molecule has 0 aliphatic rings. The Kier molecular flexibility index (Phi) is 6.03. The average molecular weight is 404 g/mol. The van der Waals surface area contributed by atoms with Gasteiger partial charge in [0.2, 0.25) is 5.91 Å². The van der Waals surface area contributed by atoms with Gasteiger partial charge in [-0.1, -0.05) is 29.4 Å². The molecule has 2 aromatic heterocycles. The molecular formula is C19H18ClN3O3S. The number of nitrogens with zero attached hydrogens (tertiary/aromatic N) is 2. The van der Waals surface area contributed by atoms with Crippen LogP contribution in [0.1, 0.15) is 12.7 Å². The number of carbonyl (C=O) groups excluding carboxylic acids is 1. The van der Waals surface area contributed by atoms with E-state index in [9.17, 15) is 9.59 Å². The highest BCUT2D eigenvalue weighted by molar-refractivity contribution is 8.00. The van der Waals surface area contributed by atoms with E-state index in [0.717, 1.165) is 0 Å². The number of furan rings is 1. The van der Waals surface area contributed by atoms with Crippen LogP contribution in [0.5, 0.6) is 0 Å². The third kappa shape index (κ3) is 4.43. The number of hydrogen-bond donors (Lipinski definition) is 1. The number of benzene rings is 1. The van der Waals surface area contributed by atoms with Crippen molar-refractivity contribution >= 4 is 40.2 Å². The summed E-state index contributed by atoms with van der Waals surface area (Å²) in [6.07, 6.45) is 3.16. The maximum atomic E-state index is 13.0. The molecule has 0 unspecified atom stereocenters. The molecule has 0 saturated heterocycles. The van der Waals surface area contributed by atoms with Gasteiger partial charge in [-0.25, -0.2) is 4.98 Å². The minimum atomic E-state index is -0.448. The molecule has 0 spiro atoms. The Bertz CT molecular complexity index is 1030. The zero-order valence-corrected chi connectivity index (χ0v) is 16.2. The lowest BCUT2D eigenvalue weighted by Gasteiger charge is -2.15. The van der Waals surface area contributed by atoms with E-state index in [1.165, 1.54) is 16.3 Å². The van der Waals surface area contributed by atoms with E-state index < -0.39 is 5.25 Å². The van der Waals surface area contributed by atoms with Gasteiger partial charge in [-0.05, 0) is 37.3 Å². The van der Waals surface area contributed by atoms with E-state index in [0.29, 0.717) is 33.4 Å². The average Bonchev–Trinajstić information content (AvgIpc) is 3.15. The summed E-state index contributed by atoms with van der Waals surface area (Å²) in [7, 11) is 0. The maximum Gasteiger partial charge on any atom is 0.262 e. The Hall–Kier alpha value is -2.51. The molecule has 0 radical (unpaired) electrons. The van der Waals surface area contributed by atoms with Crippen LogP contribution in [-0.4, -0.2) is 27.3 Å². The molecule has 3 aromatic rings.